The number of hydrogen-bond donors (Lipinski definition) is 2. The molecule has 2 aromatic rings. The second-order valence-corrected chi connectivity index (χ2v) is 5.27. The predicted molar refractivity (Wildman–Crippen MR) is 82.1 cm³/mol. The highest BCUT2D eigenvalue weighted by molar-refractivity contribution is 7.17. The Morgan fingerprint density at radius 2 is 2.25 bits per heavy atom. The molecule has 0 fully saturated rings. The van der Waals surface area contributed by atoms with Crippen LogP contribution in [0.2, 0.25) is 0 Å². The zero-order valence-electron chi connectivity index (χ0n) is 11.4. The number of benzene rings is 1. The average molecular weight is 288 g/mol. The van der Waals surface area contributed by atoms with Crippen LogP contribution in [0.4, 0.5) is 5.13 Å². The molecule has 0 aliphatic carbocycles. The second kappa shape index (κ2) is 6.29. The predicted octanol–water partition coefficient (Wildman–Crippen LogP) is 2.36. The van der Waals surface area contributed by atoms with Crippen LogP contribution in [-0.2, 0) is 6.42 Å². The summed E-state index contributed by atoms with van der Waals surface area (Å²) in [6, 6.07) is 7.81. The highest BCUT2D eigenvalue weighted by Gasteiger charge is 2.15. The molecule has 3 N–H and O–H groups in total. The van der Waals surface area contributed by atoms with Gasteiger partial charge in [-0.2, -0.15) is 5.10 Å². The fourth-order valence-electron chi connectivity index (χ4n) is 1.73. The molecule has 2 rings (SSSR count). The van der Waals surface area contributed by atoms with Gasteiger partial charge >= 0.3 is 0 Å². The summed E-state index contributed by atoms with van der Waals surface area (Å²) in [4.78, 5) is 16.6. The quantitative estimate of drug-likeness (QED) is 0.669. The van der Waals surface area contributed by atoms with E-state index in [2.05, 4.69) is 15.5 Å². The first-order chi connectivity index (χ1) is 9.61. The minimum atomic E-state index is -0.277. The van der Waals surface area contributed by atoms with Crippen LogP contribution >= 0.6 is 11.3 Å². The number of carbonyl (C=O) groups is 1. The molecule has 0 radical (unpaired) electrons. The van der Waals surface area contributed by atoms with Gasteiger partial charge in [0.2, 0.25) is 0 Å². The summed E-state index contributed by atoms with van der Waals surface area (Å²) in [7, 11) is 0. The minimum Gasteiger partial charge on any atom is -0.375 e. The smallest absolute Gasteiger partial charge is 0.283 e. The number of anilines is 1. The van der Waals surface area contributed by atoms with Gasteiger partial charge in [0.15, 0.2) is 5.13 Å². The Labute approximate surface area is 121 Å². The lowest BCUT2D eigenvalue weighted by molar-refractivity contribution is 0.0958. The zero-order chi connectivity index (χ0) is 14.5. The molecule has 1 aromatic heterocycles. The van der Waals surface area contributed by atoms with Crippen LogP contribution in [0.25, 0.3) is 0 Å². The zero-order valence-corrected chi connectivity index (χ0v) is 12.2. The summed E-state index contributed by atoms with van der Waals surface area (Å²) in [6.07, 6.45) is 2.29. The largest absolute Gasteiger partial charge is 0.375 e. The number of nitrogens with one attached hydrogen (secondary N) is 1. The van der Waals surface area contributed by atoms with Gasteiger partial charge in [-0.1, -0.05) is 42.5 Å². The minimum absolute atomic E-state index is 0.277. The lowest BCUT2D eigenvalue weighted by atomic mass is 10.1. The first-order valence-corrected chi connectivity index (χ1v) is 7.07. The summed E-state index contributed by atoms with van der Waals surface area (Å²) in [5.74, 6) is -0.277. The SMILES string of the molecule is CCc1nc(N)sc1C(=O)N/N=C\c1ccccc1C. The van der Waals surface area contributed by atoms with E-state index < -0.39 is 0 Å². The topological polar surface area (TPSA) is 80.4 Å². The second-order valence-electron chi connectivity index (χ2n) is 4.24. The van der Waals surface area contributed by atoms with Crippen LogP contribution in [0.5, 0.6) is 0 Å². The lowest BCUT2D eigenvalue weighted by Gasteiger charge is -2.00. The van der Waals surface area contributed by atoms with Crippen molar-refractivity contribution in [2.45, 2.75) is 20.3 Å². The normalized spacial score (nSPS) is 10.9. The number of aryl methyl sites for hydroxylation is 2. The third-order valence-corrected chi connectivity index (χ3v) is 3.74. The fraction of sp³-hybridized carbons (Fsp3) is 0.214. The van der Waals surface area contributed by atoms with Crippen LogP contribution in [0.15, 0.2) is 29.4 Å². The Morgan fingerprint density at radius 3 is 2.95 bits per heavy atom. The molecule has 0 spiro atoms. The van der Waals surface area contributed by atoms with Crippen molar-refractivity contribution in [2.75, 3.05) is 5.73 Å². The van der Waals surface area contributed by atoms with Crippen LogP contribution in [0.1, 0.15) is 33.4 Å². The number of aromatic nitrogens is 1. The van der Waals surface area contributed by atoms with Gasteiger partial charge in [-0.3, -0.25) is 4.79 Å². The van der Waals surface area contributed by atoms with Gasteiger partial charge in [0, 0.05) is 0 Å². The van der Waals surface area contributed by atoms with E-state index in [1.165, 1.54) is 11.3 Å². The molecule has 1 aromatic carbocycles. The Balaban J connectivity index is 2.07. The van der Waals surface area contributed by atoms with Crippen molar-refractivity contribution in [1.82, 2.24) is 10.4 Å². The molecule has 104 valence electrons. The average Bonchev–Trinajstić information content (AvgIpc) is 2.82. The van der Waals surface area contributed by atoms with Crippen molar-refractivity contribution in [3.8, 4) is 0 Å². The lowest BCUT2D eigenvalue weighted by Crippen LogP contribution is -2.17. The Hall–Kier alpha value is -2.21. The number of nitrogens with two attached hydrogens (primary N) is 1. The first-order valence-electron chi connectivity index (χ1n) is 6.26. The number of hydrazone groups is 1. The fourth-order valence-corrected chi connectivity index (χ4v) is 2.54. The number of nitrogens with zero attached hydrogens (tertiary/aromatic N) is 2. The van der Waals surface area contributed by atoms with Crippen molar-refractivity contribution in [3.63, 3.8) is 0 Å². The van der Waals surface area contributed by atoms with E-state index in [1.54, 1.807) is 6.21 Å². The van der Waals surface area contributed by atoms with Gasteiger partial charge in [-0.25, -0.2) is 10.4 Å². The Morgan fingerprint density at radius 1 is 1.50 bits per heavy atom. The van der Waals surface area contributed by atoms with Gasteiger partial charge in [-0.05, 0) is 24.5 Å². The molecule has 0 unspecified atom stereocenters. The molecule has 0 atom stereocenters. The van der Waals surface area contributed by atoms with Crippen molar-refractivity contribution in [2.24, 2.45) is 5.10 Å². The molecule has 6 heteroatoms. The van der Waals surface area contributed by atoms with E-state index in [0.29, 0.717) is 22.1 Å². The summed E-state index contributed by atoms with van der Waals surface area (Å²) in [5, 5.41) is 4.37. The van der Waals surface area contributed by atoms with E-state index >= 15 is 0 Å². The molecule has 5 nitrogen and oxygen atoms in total. The number of thiazole rings is 1. The highest BCUT2D eigenvalue weighted by Crippen LogP contribution is 2.20. The molecule has 0 aliphatic rings. The molecule has 0 aliphatic heterocycles. The van der Waals surface area contributed by atoms with Crippen molar-refractivity contribution in [1.29, 1.82) is 0 Å². The molecule has 1 heterocycles. The van der Waals surface area contributed by atoms with Gasteiger partial charge in [0.1, 0.15) is 4.88 Å². The molecule has 0 saturated carbocycles. The van der Waals surface area contributed by atoms with Crippen LogP contribution in [0.3, 0.4) is 0 Å². The molecular formula is C14H16N4OS. The maximum atomic E-state index is 12.0. The van der Waals surface area contributed by atoms with E-state index in [0.717, 1.165) is 11.1 Å². The third kappa shape index (κ3) is 3.21. The Kier molecular flexibility index (Phi) is 4.47. The van der Waals surface area contributed by atoms with E-state index in [-0.39, 0.29) is 5.91 Å². The molecule has 20 heavy (non-hydrogen) atoms. The molecular weight excluding hydrogens is 272 g/mol. The summed E-state index contributed by atoms with van der Waals surface area (Å²) < 4.78 is 0. The Bertz CT molecular complexity index is 648. The summed E-state index contributed by atoms with van der Waals surface area (Å²) >= 11 is 1.18. The first kappa shape index (κ1) is 14.2. The van der Waals surface area contributed by atoms with Gasteiger partial charge in [0.05, 0.1) is 11.9 Å². The van der Waals surface area contributed by atoms with Crippen molar-refractivity contribution < 1.29 is 4.79 Å². The van der Waals surface area contributed by atoms with Crippen LogP contribution in [-0.4, -0.2) is 17.1 Å². The number of nitrogen functional groups attached to an aromatic ring is 1. The number of rotatable bonds is 4. The standard InChI is InChI=1S/C14H16N4OS/c1-3-11-12(20-14(15)17-11)13(19)18-16-8-10-7-5-4-6-9(10)2/h4-8H,3H2,1-2H3,(H2,15,17)(H,18,19)/b16-8-. The molecule has 1 amide bonds. The van der Waals surface area contributed by atoms with Gasteiger partial charge in [-0.15, -0.1) is 0 Å². The van der Waals surface area contributed by atoms with Gasteiger partial charge < -0.3 is 5.73 Å². The van der Waals surface area contributed by atoms with Gasteiger partial charge in [0.25, 0.3) is 5.91 Å². The van der Waals surface area contributed by atoms with Crippen molar-refractivity contribution in [3.05, 3.63) is 46.0 Å². The van der Waals surface area contributed by atoms with Crippen LogP contribution < -0.4 is 11.2 Å². The van der Waals surface area contributed by atoms with E-state index in [1.807, 2.05) is 38.1 Å². The maximum Gasteiger partial charge on any atom is 0.283 e. The molecule has 0 bridgehead atoms. The third-order valence-electron chi connectivity index (χ3n) is 2.81. The number of carbonyl (C=O) groups excluding carboxylic acids is 1. The summed E-state index contributed by atoms with van der Waals surface area (Å²) in [6.45, 7) is 3.92. The number of amides is 1. The van der Waals surface area contributed by atoms with E-state index in [9.17, 15) is 4.79 Å². The maximum absolute atomic E-state index is 12.0. The van der Waals surface area contributed by atoms with Crippen molar-refractivity contribution >= 4 is 28.6 Å². The van der Waals surface area contributed by atoms with Crippen LogP contribution in [0, 0.1) is 6.92 Å². The molecule has 0 saturated heterocycles. The number of hydrogen-bond acceptors (Lipinski definition) is 5. The van der Waals surface area contributed by atoms with E-state index in [4.69, 9.17) is 5.73 Å². The highest BCUT2D eigenvalue weighted by atomic mass is 32.1. The monoisotopic (exact) mass is 288 g/mol. The summed E-state index contributed by atoms with van der Waals surface area (Å²) in [5.41, 5.74) is 10.9.